The summed E-state index contributed by atoms with van der Waals surface area (Å²) < 4.78 is 16.3. The predicted octanol–water partition coefficient (Wildman–Crippen LogP) is 2.66. The van der Waals surface area contributed by atoms with Crippen LogP contribution in [-0.2, 0) is 0 Å². The zero-order chi connectivity index (χ0) is 16.1. The molecule has 0 N–H and O–H groups in total. The minimum atomic E-state index is -0.505. The van der Waals surface area contributed by atoms with E-state index in [2.05, 4.69) is 0 Å². The van der Waals surface area contributed by atoms with Gasteiger partial charge in [-0.2, -0.15) is 0 Å². The van der Waals surface area contributed by atoms with Gasteiger partial charge in [-0.15, -0.1) is 0 Å². The van der Waals surface area contributed by atoms with Crippen molar-refractivity contribution in [2.75, 3.05) is 6.61 Å². The third-order valence-corrected chi connectivity index (χ3v) is 3.98. The summed E-state index contributed by atoms with van der Waals surface area (Å²) in [6.07, 6.45) is 1.54. The number of nitrogens with zero attached hydrogens (tertiary/aromatic N) is 1. The van der Waals surface area contributed by atoms with Crippen LogP contribution < -0.4 is 15.1 Å². The standard InChI is InChI=1S/C16H11NO6/c1-8-4-13-15(16(18)23-8)14-9(7-22-13)6-21-12-3-2-10(17(19)20)5-11(12)14/h2-5,7,14H,6H2,1H3. The molecule has 0 radical (unpaired) electrons. The van der Waals surface area contributed by atoms with Gasteiger partial charge in [-0.1, -0.05) is 0 Å². The number of hydrogen-bond donors (Lipinski definition) is 0. The third kappa shape index (κ3) is 2.01. The molecule has 0 saturated heterocycles. The fourth-order valence-corrected chi connectivity index (χ4v) is 2.98. The lowest BCUT2D eigenvalue weighted by molar-refractivity contribution is -0.385. The second-order valence-electron chi connectivity index (χ2n) is 5.43. The molecule has 1 aromatic carbocycles. The van der Waals surface area contributed by atoms with Crippen molar-refractivity contribution in [1.82, 2.24) is 0 Å². The fourth-order valence-electron chi connectivity index (χ4n) is 2.98. The van der Waals surface area contributed by atoms with E-state index in [0.29, 0.717) is 28.4 Å². The Bertz CT molecular complexity index is 927. The molecule has 116 valence electrons. The molecule has 1 aromatic heterocycles. The maximum Gasteiger partial charge on any atom is 0.343 e. The Morgan fingerprint density at radius 3 is 2.87 bits per heavy atom. The molecule has 0 fully saturated rings. The summed E-state index contributed by atoms with van der Waals surface area (Å²) in [5.41, 5.74) is 1.07. The van der Waals surface area contributed by atoms with Crippen LogP contribution in [-0.4, -0.2) is 11.5 Å². The van der Waals surface area contributed by atoms with Crippen molar-refractivity contribution >= 4 is 5.69 Å². The van der Waals surface area contributed by atoms with Crippen molar-refractivity contribution in [2.45, 2.75) is 12.8 Å². The van der Waals surface area contributed by atoms with Gasteiger partial charge in [0, 0.05) is 29.3 Å². The van der Waals surface area contributed by atoms with E-state index < -0.39 is 16.5 Å². The molecular weight excluding hydrogens is 302 g/mol. The molecule has 4 rings (SSSR count). The summed E-state index contributed by atoms with van der Waals surface area (Å²) in [6, 6.07) is 6.00. The monoisotopic (exact) mass is 313 g/mol. The van der Waals surface area contributed by atoms with Crippen LogP contribution in [0.2, 0.25) is 0 Å². The highest BCUT2D eigenvalue weighted by atomic mass is 16.6. The number of non-ortho nitro benzene ring substituents is 1. The third-order valence-electron chi connectivity index (χ3n) is 3.98. The Morgan fingerprint density at radius 2 is 2.09 bits per heavy atom. The van der Waals surface area contributed by atoms with Crippen molar-refractivity contribution in [3.63, 3.8) is 0 Å². The average Bonchev–Trinajstić information content (AvgIpc) is 2.53. The smallest absolute Gasteiger partial charge is 0.343 e. The maximum absolute atomic E-state index is 12.3. The first-order chi connectivity index (χ1) is 11.0. The largest absolute Gasteiger partial charge is 0.489 e. The highest BCUT2D eigenvalue weighted by Gasteiger charge is 2.36. The minimum Gasteiger partial charge on any atom is -0.489 e. The number of rotatable bonds is 1. The zero-order valence-corrected chi connectivity index (χ0v) is 12.1. The molecular formula is C16H11NO6. The molecule has 0 spiro atoms. The van der Waals surface area contributed by atoms with Gasteiger partial charge in [0.15, 0.2) is 0 Å². The Morgan fingerprint density at radius 1 is 1.26 bits per heavy atom. The highest BCUT2D eigenvalue weighted by molar-refractivity contribution is 5.58. The zero-order valence-electron chi connectivity index (χ0n) is 12.1. The molecule has 0 saturated carbocycles. The molecule has 7 nitrogen and oxygen atoms in total. The van der Waals surface area contributed by atoms with Crippen molar-refractivity contribution in [2.24, 2.45) is 0 Å². The number of nitro benzene ring substituents is 1. The molecule has 1 unspecified atom stereocenters. The molecule has 7 heteroatoms. The summed E-state index contributed by atoms with van der Waals surface area (Å²) in [7, 11) is 0. The van der Waals surface area contributed by atoms with Gasteiger partial charge in [-0.3, -0.25) is 10.1 Å². The van der Waals surface area contributed by atoms with Crippen LogP contribution in [0.15, 0.2) is 45.3 Å². The fraction of sp³-hybridized carbons (Fsp3) is 0.188. The van der Waals surface area contributed by atoms with Crippen LogP contribution in [0.1, 0.15) is 22.8 Å². The summed E-state index contributed by atoms with van der Waals surface area (Å²) in [5.74, 6) is 0.911. The molecule has 2 aliphatic heterocycles. The van der Waals surface area contributed by atoms with Gasteiger partial charge in [0.05, 0.1) is 22.7 Å². The topological polar surface area (TPSA) is 91.8 Å². The second kappa shape index (κ2) is 4.70. The van der Waals surface area contributed by atoms with Gasteiger partial charge >= 0.3 is 5.63 Å². The molecule has 2 aromatic rings. The van der Waals surface area contributed by atoms with E-state index in [1.54, 1.807) is 19.1 Å². The Balaban J connectivity index is 1.97. The second-order valence-corrected chi connectivity index (χ2v) is 5.43. The number of hydrogen-bond acceptors (Lipinski definition) is 6. The van der Waals surface area contributed by atoms with Crippen molar-refractivity contribution in [1.29, 1.82) is 0 Å². The minimum absolute atomic E-state index is 0.0573. The van der Waals surface area contributed by atoms with Crippen LogP contribution in [0, 0.1) is 17.0 Å². The lowest BCUT2D eigenvalue weighted by Crippen LogP contribution is -2.27. The molecule has 3 heterocycles. The molecule has 23 heavy (non-hydrogen) atoms. The average molecular weight is 313 g/mol. The maximum atomic E-state index is 12.3. The first-order valence-electron chi connectivity index (χ1n) is 6.96. The molecule has 0 aliphatic carbocycles. The SMILES string of the molecule is Cc1cc2c(c(=O)o1)C1C(=CO2)COc2ccc([N+](=O)[O-])cc21. The first kappa shape index (κ1) is 13.6. The quantitative estimate of drug-likeness (QED) is 0.593. The lowest BCUT2D eigenvalue weighted by Gasteiger charge is -2.31. The van der Waals surface area contributed by atoms with E-state index in [0.717, 1.165) is 5.57 Å². The molecule has 2 aliphatic rings. The lowest BCUT2D eigenvalue weighted by atomic mass is 9.82. The van der Waals surface area contributed by atoms with Crippen LogP contribution in [0.3, 0.4) is 0 Å². The highest BCUT2D eigenvalue weighted by Crippen LogP contribution is 2.46. The number of fused-ring (bicyclic) bond motifs is 5. The number of ether oxygens (including phenoxy) is 2. The van der Waals surface area contributed by atoms with Crippen molar-refractivity contribution < 1.29 is 18.8 Å². The summed E-state index contributed by atoms with van der Waals surface area (Å²) >= 11 is 0. The number of benzene rings is 1. The van der Waals surface area contributed by atoms with Gasteiger partial charge in [0.25, 0.3) is 5.69 Å². The Kier molecular flexibility index (Phi) is 2.77. The van der Waals surface area contributed by atoms with Gasteiger partial charge in [0.1, 0.15) is 23.9 Å². The van der Waals surface area contributed by atoms with E-state index in [1.807, 2.05) is 0 Å². The van der Waals surface area contributed by atoms with Crippen LogP contribution >= 0.6 is 0 Å². The number of nitro groups is 1. The van der Waals surface area contributed by atoms with Gasteiger partial charge in [-0.05, 0) is 13.0 Å². The van der Waals surface area contributed by atoms with E-state index >= 15 is 0 Å². The molecule has 0 amide bonds. The summed E-state index contributed by atoms with van der Waals surface area (Å²) in [5, 5.41) is 11.0. The van der Waals surface area contributed by atoms with Crippen molar-refractivity contribution in [3.05, 3.63) is 73.5 Å². The van der Waals surface area contributed by atoms with E-state index in [1.165, 1.54) is 18.4 Å². The van der Waals surface area contributed by atoms with Crippen molar-refractivity contribution in [3.8, 4) is 11.5 Å². The normalized spacial score (nSPS) is 17.8. The number of aryl methyl sites for hydroxylation is 1. The Labute approximate surface area is 129 Å². The van der Waals surface area contributed by atoms with E-state index in [9.17, 15) is 14.9 Å². The van der Waals surface area contributed by atoms with Crippen LogP contribution in [0.25, 0.3) is 0 Å². The Hall–Kier alpha value is -3.09. The van der Waals surface area contributed by atoms with Crippen LogP contribution in [0.5, 0.6) is 11.5 Å². The van der Waals surface area contributed by atoms with Crippen LogP contribution in [0.4, 0.5) is 5.69 Å². The van der Waals surface area contributed by atoms with E-state index in [4.69, 9.17) is 13.9 Å². The van der Waals surface area contributed by atoms with Gasteiger partial charge < -0.3 is 13.9 Å². The summed E-state index contributed by atoms with van der Waals surface area (Å²) in [4.78, 5) is 22.9. The van der Waals surface area contributed by atoms with E-state index in [-0.39, 0.29) is 12.3 Å². The molecule has 1 atom stereocenters. The van der Waals surface area contributed by atoms with Gasteiger partial charge in [0.2, 0.25) is 0 Å². The molecule has 0 bridgehead atoms. The predicted molar refractivity (Wildman–Crippen MR) is 78.9 cm³/mol. The first-order valence-corrected chi connectivity index (χ1v) is 6.96. The summed E-state index contributed by atoms with van der Waals surface area (Å²) in [6.45, 7) is 1.91. The van der Waals surface area contributed by atoms with Gasteiger partial charge in [-0.25, -0.2) is 4.79 Å².